The maximum absolute atomic E-state index is 13.1. The summed E-state index contributed by atoms with van der Waals surface area (Å²) in [5, 5.41) is 17.3. The Morgan fingerprint density at radius 2 is 1.62 bits per heavy atom. The van der Waals surface area contributed by atoms with Gasteiger partial charge >= 0.3 is 6.09 Å². The smallest absolute Gasteiger partial charge is 0.413 e. The SMILES string of the molecule is CC(C)(C)OC(=O)NC(=N)C1Oc2ccccc2C1CCNC(=O)c1ccccc1Nc1ccccc1. The van der Waals surface area contributed by atoms with E-state index in [4.69, 9.17) is 14.9 Å². The molecule has 2 amide bonds. The monoisotopic (exact) mass is 500 g/mol. The van der Waals surface area contributed by atoms with E-state index in [1.54, 1.807) is 26.8 Å². The minimum Gasteiger partial charge on any atom is -0.482 e. The van der Waals surface area contributed by atoms with Gasteiger partial charge in [0, 0.05) is 23.7 Å². The number of amidine groups is 1. The standard InChI is InChI=1S/C29H32N4O4/c1-29(2,3)37-28(35)33-26(30)25-21(20-13-8-10-16-24(20)36-25)17-18-31-27(34)22-14-7-9-15-23(22)32-19-11-5-4-6-12-19/h4-16,21,25,32H,17-18H2,1-3H3,(H,31,34)(H2,30,33,35). The van der Waals surface area contributed by atoms with Crippen LogP contribution in [0.5, 0.6) is 5.75 Å². The molecule has 0 radical (unpaired) electrons. The summed E-state index contributed by atoms with van der Waals surface area (Å²) in [6.07, 6.45) is -0.888. The van der Waals surface area contributed by atoms with Gasteiger partial charge in [-0.05, 0) is 57.5 Å². The van der Waals surface area contributed by atoms with Crippen LogP contribution in [0.15, 0.2) is 78.9 Å². The first kappa shape index (κ1) is 25.8. The molecule has 3 aromatic carbocycles. The molecule has 0 saturated heterocycles. The van der Waals surface area contributed by atoms with Gasteiger partial charge in [0.1, 0.15) is 17.2 Å². The molecule has 4 rings (SSSR count). The first-order chi connectivity index (χ1) is 17.7. The van der Waals surface area contributed by atoms with Crippen molar-refractivity contribution < 1.29 is 19.1 Å². The van der Waals surface area contributed by atoms with Gasteiger partial charge in [-0.15, -0.1) is 0 Å². The fraction of sp³-hybridized carbons (Fsp3) is 0.276. The first-order valence-electron chi connectivity index (χ1n) is 12.2. The zero-order valence-electron chi connectivity index (χ0n) is 21.2. The largest absolute Gasteiger partial charge is 0.482 e. The Hall–Kier alpha value is -4.33. The normalized spacial score (nSPS) is 16.2. The molecule has 0 aromatic heterocycles. The van der Waals surface area contributed by atoms with E-state index in [1.807, 2.05) is 72.8 Å². The summed E-state index contributed by atoms with van der Waals surface area (Å²) >= 11 is 0. The highest BCUT2D eigenvalue weighted by Crippen LogP contribution is 2.40. The highest BCUT2D eigenvalue weighted by atomic mass is 16.6. The van der Waals surface area contributed by atoms with Crippen molar-refractivity contribution in [1.82, 2.24) is 10.6 Å². The topological polar surface area (TPSA) is 113 Å². The molecule has 0 fully saturated rings. The Balaban J connectivity index is 1.42. The lowest BCUT2D eigenvalue weighted by atomic mass is 9.91. The molecule has 0 bridgehead atoms. The van der Waals surface area contributed by atoms with E-state index < -0.39 is 17.8 Å². The molecule has 8 nitrogen and oxygen atoms in total. The molecule has 2 atom stereocenters. The fourth-order valence-corrected chi connectivity index (χ4v) is 4.23. The molecular weight excluding hydrogens is 468 g/mol. The predicted molar refractivity (Wildman–Crippen MR) is 144 cm³/mol. The molecule has 192 valence electrons. The third-order valence-electron chi connectivity index (χ3n) is 5.82. The molecule has 0 spiro atoms. The van der Waals surface area contributed by atoms with Crippen molar-refractivity contribution >= 4 is 29.2 Å². The number of amides is 2. The summed E-state index contributed by atoms with van der Waals surface area (Å²) in [7, 11) is 0. The maximum Gasteiger partial charge on any atom is 0.413 e. The Kier molecular flexibility index (Phi) is 7.77. The second-order valence-electron chi connectivity index (χ2n) is 9.80. The lowest BCUT2D eigenvalue weighted by Crippen LogP contribution is -2.44. The van der Waals surface area contributed by atoms with Crippen LogP contribution in [-0.4, -0.2) is 36.1 Å². The molecule has 4 N–H and O–H groups in total. The molecule has 37 heavy (non-hydrogen) atoms. The molecule has 0 aliphatic carbocycles. The van der Waals surface area contributed by atoms with Crippen LogP contribution in [-0.2, 0) is 4.74 Å². The number of benzene rings is 3. The average molecular weight is 501 g/mol. The van der Waals surface area contributed by atoms with Gasteiger partial charge in [-0.2, -0.15) is 0 Å². The van der Waals surface area contributed by atoms with Crippen LogP contribution in [0.4, 0.5) is 16.2 Å². The van der Waals surface area contributed by atoms with Crippen LogP contribution in [0, 0.1) is 5.41 Å². The van der Waals surface area contributed by atoms with Gasteiger partial charge in [0.05, 0.1) is 11.3 Å². The van der Waals surface area contributed by atoms with Gasteiger partial charge in [0.25, 0.3) is 5.91 Å². The summed E-state index contributed by atoms with van der Waals surface area (Å²) < 4.78 is 11.3. The van der Waals surface area contributed by atoms with E-state index in [-0.39, 0.29) is 17.7 Å². The number of rotatable bonds is 7. The van der Waals surface area contributed by atoms with Crippen molar-refractivity contribution in [2.45, 2.75) is 44.8 Å². The highest BCUT2D eigenvalue weighted by molar-refractivity contribution is 6.00. The van der Waals surface area contributed by atoms with Crippen LogP contribution >= 0.6 is 0 Å². The molecule has 1 heterocycles. The third-order valence-corrected chi connectivity index (χ3v) is 5.82. The molecular formula is C29H32N4O4. The van der Waals surface area contributed by atoms with Crippen LogP contribution in [0.1, 0.15) is 49.0 Å². The van der Waals surface area contributed by atoms with Gasteiger partial charge in [0.2, 0.25) is 0 Å². The Labute approximate surface area is 216 Å². The average Bonchev–Trinajstić information content (AvgIpc) is 3.22. The number of carbonyl (C=O) groups is 2. The first-order valence-corrected chi connectivity index (χ1v) is 12.2. The molecule has 3 aromatic rings. The zero-order chi connectivity index (χ0) is 26.4. The van der Waals surface area contributed by atoms with Gasteiger partial charge in [-0.3, -0.25) is 15.5 Å². The van der Waals surface area contributed by atoms with E-state index >= 15 is 0 Å². The number of hydrogen-bond acceptors (Lipinski definition) is 6. The minimum atomic E-state index is -0.702. The van der Waals surface area contributed by atoms with Gasteiger partial charge in [0.15, 0.2) is 6.10 Å². The molecule has 2 unspecified atom stereocenters. The van der Waals surface area contributed by atoms with Crippen molar-refractivity contribution in [1.29, 1.82) is 5.41 Å². The van der Waals surface area contributed by atoms with Crippen molar-refractivity contribution in [3.05, 3.63) is 90.0 Å². The van der Waals surface area contributed by atoms with Crippen molar-refractivity contribution in [3.63, 3.8) is 0 Å². The van der Waals surface area contributed by atoms with Crippen LogP contribution in [0.25, 0.3) is 0 Å². The van der Waals surface area contributed by atoms with Crippen LogP contribution in [0.3, 0.4) is 0 Å². The number of para-hydroxylation sites is 3. The quantitative estimate of drug-likeness (QED) is 0.249. The highest BCUT2D eigenvalue weighted by Gasteiger charge is 2.38. The Morgan fingerprint density at radius 1 is 0.946 bits per heavy atom. The summed E-state index contributed by atoms with van der Waals surface area (Å²) in [6.45, 7) is 5.64. The molecule has 0 saturated carbocycles. The number of hydrogen-bond donors (Lipinski definition) is 4. The number of nitrogens with one attached hydrogen (secondary N) is 4. The molecule has 8 heteroatoms. The summed E-state index contributed by atoms with van der Waals surface area (Å²) in [4.78, 5) is 25.3. The Morgan fingerprint density at radius 3 is 2.38 bits per heavy atom. The van der Waals surface area contributed by atoms with E-state index in [1.165, 1.54) is 0 Å². The van der Waals surface area contributed by atoms with Crippen LogP contribution < -0.4 is 20.7 Å². The second-order valence-corrected chi connectivity index (χ2v) is 9.80. The van der Waals surface area contributed by atoms with E-state index in [0.717, 1.165) is 11.3 Å². The molecule has 1 aliphatic rings. The second kappa shape index (κ2) is 11.2. The van der Waals surface area contributed by atoms with Gasteiger partial charge in [-0.1, -0.05) is 48.5 Å². The predicted octanol–water partition coefficient (Wildman–Crippen LogP) is 5.60. The number of alkyl carbamates (subject to hydrolysis) is 1. The van der Waals surface area contributed by atoms with E-state index in [2.05, 4.69) is 16.0 Å². The van der Waals surface area contributed by atoms with E-state index in [9.17, 15) is 9.59 Å². The summed E-state index contributed by atoms with van der Waals surface area (Å²) in [5.74, 6) is 0.150. The van der Waals surface area contributed by atoms with Gasteiger partial charge < -0.3 is 20.1 Å². The summed E-state index contributed by atoms with van der Waals surface area (Å²) in [5.41, 5.74) is 2.39. The number of carbonyl (C=O) groups excluding carboxylic acids is 2. The number of fused-ring (bicyclic) bond motifs is 1. The Bertz CT molecular complexity index is 1270. The van der Waals surface area contributed by atoms with Crippen LogP contribution in [0.2, 0.25) is 0 Å². The zero-order valence-corrected chi connectivity index (χ0v) is 21.2. The van der Waals surface area contributed by atoms with E-state index in [0.29, 0.717) is 30.0 Å². The summed E-state index contributed by atoms with van der Waals surface area (Å²) in [6, 6.07) is 24.6. The lowest BCUT2D eigenvalue weighted by molar-refractivity contribution is 0.0556. The molecule has 1 aliphatic heterocycles. The van der Waals surface area contributed by atoms with Crippen molar-refractivity contribution in [3.8, 4) is 5.75 Å². The fourth-order valence-electron chi connectivity index (χ4n) is 4.23. The lowest BCUT2D eigenvalue weighted by Gasteiger charge is -2.23. The number of ether oxygens (including phenoxy) is 2. The third kappa shape index (κ3) is 6.67. The van der Waals surface area contributed by atoms with Crippen molar-refractivity contribution in [2.24, 2.45) is 0 Å². The van der Waals surface area contributed by atoms with Gasteiger partial charge in [-0.25, -0.2) is 4.79 Å². The van der Waals surface area contributed by atoms with Crippen molar-refractivity contribution in [2.75, 3.05) is 11.9 Å². The maximum atomic E-state index is 13.1. The number of anilines is 2. The minimum absolute atomic E-state index is 0.0841.